The molecule has 0 aliphatic rings. The van der Waals surface area contributed by atoms with Crippen LogP contribution < -0.4 is 5.32 Å². The van der Waals surface area contributed by atoms with E-state index >= 15 is 0 Å². The van der Waals surface area contributed by atoms with Gasteiger partial charge in [-0.05, 0) is 25.0 Å². The van der Waals surface area contributed by atoms with Gasteiger partial charge in [0.15, 0.2) is 0 Å². The Balaban J connectivity index is 1.56. The fourth-order valence-corrected chi connectivity index (χ4v) is 2.42. The molecule has 0 spiro atoms. The molecule has 2 aromatic heterocycles. The van der Waals surface area contributed by atoms with E-state index in [0.717, 1.165) is 29.6 Å². The number of fused-ring (bicyclic) bond motifs is 1. The van der Waals surface area contributed by atoms with Crippen molar-refractivity contribution in [2.24, 2.45) is 0 Å². The third kappa shape index (κ3) is 3.94. The summed E-state index contributed by atoms with van der Waals surface area (Å²) in [5.74, 6) is 0.258. The van der Waals surface area contributed by atoms with Crippen LogP contribution in [0.1, 0.15) is 31.9 Å². The highest BCUT2D eigenvalue weighted by atomic mass is 16.2. The maximum absolute atomic E-state index is 12.1. The van der Waals surface area contributed by atoms with Crippen LogP contribution in [0.5, 0.6) is 0 Å². The fraction of sp³-hybridized carbons (Fsp3) is 0.375. The third-order valence-electron chi connectivity index (χ3n) is 3.58. The Morgan fingerprint density at radius 2 is 2.17 bits per heavy atom. The number of carbonyl (C=O) groups is 1. The number of nitrogens with one attached hydrogen (secondary N) is 2. The Kier molecular flexibility index (Phi) is 4.65. The van der Waals surface area contributed by atoms with Crippen molar-refractivity contribution in [1.29, 1.82) is 0 Å². The number of para-hydroxylation sites is 2. The Bertz CT molecular complexity index is 758. The lowest BCUT2D eigenvalue weighted by molar-refractivity contribution is -0.117. The van der Waals surface area contributed by atoms with Crippen LogP contribution >= 0.6 is 0 Å². The number of carbonyl (C=O) groups excluding carboxylic acids is 1. The lowest BCUT2D eigenvalue weighted by atomic mass is 10.2. The maximum atomic E-state index is 12.1. The Morgan fingerprint density at radius 1 is 1.30 bits per heavy atom. The first-order valence-electron chi connectivity index (χ1n) is 7.88. The summed E-state index contributed by atoms with van der Waals surface area (Å²) in [6.07, 6.45) is 6.18. The van der Waals surface area contributed by atoms with E-state index in [0.29, 0.717) is 5.95 Å². The summed E-state index contributed by atoms with van der Waals surface area (Å²) >= 11 is 0. The molecule has 0 saturated carbocycles. The van der Waals surface area contributed by atoms with Crippen molar-refractivity contribution in [2.45, 2.75) is 39.2 Å². The molecule has 3 aromatic rings. The molecule has 0 atom stereocenters. The van der Waals surface area contributed by atoms with Crippen LogP contribution in [0.15, 0.2) is 30.5 Å². The van der Waals surface area contributed by atoms with Crippen molar-refractivity contribution < 1.29 is 4.79 Å². The maximum Gasteiger partial charge on any atom is 0.248 e. The van der Waals surface area contributed by atoms with E-state index in [2.05, 4.69) is 32.5 Å². The van der Waals surface area contributed by atoms with Crippen molar-refractivity contribution in [3.63, 3.8) is 0 Å². The molecule has 0 unspecified atom stereocenters. The number of imidazole rings is 1. The molecule has 0 aliphatic carbocycles. The van der Waals surface area contributed by atoms with E-state index in [9.17, 15) is 4.79 Å². The second-order valence-corrected chi connectivity index (χ2v) is 5.52. The summed E-state index contributed by atoms with van der Waals surface area (Å²) in [7, 11) is 0. The van der Waals surface area contributed by atoms with Gasteiger partial charge in [-0.2, -0.15) is 0 Å². The van der Waals surface area contributed by atoms with Crippen LogP contribution in [-0.2, 0) is 17.8 Å². The minimum Gasteiger partial charge on any atom is -0.324 e. The SMILES string of the molecule is CCCCCc1cn(CC(=O)Nc2nc3ccccc3[nH]2)nn1. The lowest BCUT2D eigenvalue weighted by Crippen LogP contribution is -2.19. The van der Waals surface area contributed by atoms with Gasteiger partial charge < -0.3 is 4.98 Å². The molecule has 1 amide bonds. The smallest absolute Gasteiger partial charge is 0.248 e. The topological polar surface area (TPSA) is 88.5 Å². The lowest BCUT2D eigenvalue weighted by Gasteiger charge is -2.00. The fourth-order valence-electron chi connectivity index (χ4n) is 2.42. The number of aromatic nitrogens is 5. The zero-order valence-electron chi connectivity index (χ0n) is 13.1. The van der Waals surface area contributed by atoms with Crippen molar-refractivity contribution in [1.82, 2.24) is 25.0 Å². The summed E-state index contributed by atoms with van der Waals surface area (Å²) in [5.41, 5.74) is 2.64. The standard InChI is InChI=1S/C16H20N6O/c1-2-3-4-7-12-10-22(21-20-12)11-15(23)19-16-17-13-8-5-6-9-14(13)18-16/h5-6,8-10H,2-4,7,11H2,1H3,(H2,17,18,19,23). The molecule has 0 bridgehead atoms. The molecule has 0 aliphatic heterocycles. The monoisotopic (exact) mass is 312 g/mol. The molecule has 3 rings (SSSR count). The summed E-state index contributed by atoms with van der Waals surface area (Å²) in [6.45, 7) is 2.29. The van der Waals surface area contributed by atoms with Gasteiger partial charge in [0, 0.05) is 6.20 Å². The molecule has 1 aromatic carbocycles. The van der Waals surface area contributed by atoms with Gasteiger partial charge in [-0.25, -0.2) is 9.67 Å². The number of aromatic amines is 1. The second kappa shape index (κ2) is 7.04. The zero-order chi connectivity index (χ0) is 16.1. The van der Waals surface area contributed by atoms with Crippen LogP contribution in [-0.4, -0.2) is 30.9 Å². The van der Waals surface area contributed by atoms with E-state index in [4.69, 9.17) is 0 Å². The number of amides is 1. The molecule has 2 N–H and O–H groups in total. The molecule has 23 heavy (non-hydrogen) atoms. The number of H-pyrrole nitrogens is 1. The van der Waals surface area contributed by atoms with Crippen molar-refractivity contribution in [3.8, 4) is 0 Å². The summed E-state index contributed by atoms with van der Waals surface area (Å²) in [6, 6.07) is 7.63. The van der Waals surface area contributed by atoms with Crippen LogP contribution in [0.2, 0.25) is 0 Å². The number of aryl methyl sites for hydroxylation is 1. The van der Waals surface area contributed by atoms with Gasteiger partial charge in [0.1, 0.15) is 6.54 Å². The molecule has 0 fully saturated rings. The summed E-state index contributed by atoms with van der Waals surface area (Å²) in [5, 5.41) is 10.8. The van der Waals surface area contributed by atoms with Crippen LogP contribution in [0, 0.1) is 0 Å². The van der Waals surface area contributed by atoms with Crippen LogP contribution in [0.3, 0.4) is 0 Å². The summed E-state index contributed by atoms with van der Waals surface area (Å²) in [4.78, 5) is 19.4. The van der Waals surface area contributed by atoms with Gasteiger partial charge in [-0.1, -0.05) is 37.1 Å². The normalized spacial score (nSPS) is 11.0. The van der Waals surface area contributed by atoms with E-state index < -0.39 is 0 Å². The number of benzene rings is 1. The number of anilines is 1. The minimum atomic E-state index is -0.186. The van der Waals surface area contributed by atoms with Crippen molar-refractivity contribution in [2.75, 3.05) is 5.32 Å². The first-order valence-corrected chi connectivity index (χ1v) is 7.88. The zero-order valence-corrected chi connectivity index (χ0v) is 13.1. The number of hydrogen-bond donors (Lipinski definition) is 2. The van der Waals surface area contributed by atoms with Gasteiger partial charge in [0.05, 0.1) is 16.7 Å². The average Bonchev–Trinajstić information content (AvgIpc) is 3.13. The predicted molar refractivity (Wildman–Crippen MR) is 88.0 cm³/mol. The Hall–Kier alpha value is -2.70. The molecule has 7 heteroatoms. The van der Waals surface area contributed by atoms with E-state index in [1.807, 2.05) is 30.5 Å². The van der Waals surface area contributed by atoms with Gasteiger partial charge in [0.25, 0.3) is 0 Å². The van der Waals surface area contributed by atoms with Crippen LogP contribution in [0.25, 0.3) is 11.0 Å². The predicted octanol–water partition coefficient (Wildman–Crippen LogP) is 2.53. The highest BCUT2D eigenvalue weighted by Gasteiger charge is 2.09. The average molecular weight is 312 g/mol. The molecule has 120 valence electrons. The van der Waals surface area contributed by atoms with Crippen molar-refractivity contribution in [3.05, 3.63) is 36.2 Å². The quantitative estimate of drug-likeness (QED) is 0.656. The van der Waals surface area contributed by atoms with Crippen LogP contribution in [0.4, 0.5) is 5.95 Å². The van der Waals surface area contributed by atoms with Gasteiger partial charge in [-0.15, -0.1) is 5.10 Å². The first-order chi connectivity index (χ1) is 11.2. The molecule has 2 heterocycles. The van der Waals surface area contributed by atoms with Gasteiger partial charge >= 0.3 is 0 Å². The first kappa shape index (κ1) is 15.2. The van der Waals surface area contributed by atoms with E-state index in [1.165, 1.54) is 12.8 Å². The Labute approximate surface area is 134 Å². The summed E-state index contributed by atoms with van der Waals surface area (Å²) < 4.78 is 1.55. The highest BCUT2D eigenvalue weighted by molar-refractivity contribution is 5.90. The molecular weight excluding hydrogens is 292 g/mol. The highest BCUT2D eigenvalue weighted by Crippen LogP contribution is 2.13. The number of rotatable bonds is 7. The molecular formula is C16H20N6O. The van der Waals surface area contributed by atoms with E-state index in [1.54, 1.807) is 4.68 Å². The number of hydrogen-bond acceptors (Lipinski definition) is 4. The van der Waals surface area contributed by atoms with E-state index in [-0.39, 0.29) is 12.5 Å². The Morgan fingerprint density at radius 3 is 3.00 bits per heavy atom. The molecule has 0 radical (unpaired) electrons. The van der Waals surface area contributed by atoms with Gasteiger partial charge in [-0.3, -0.25) is 10.1 Å². The number of nitrogens with zero attached hydrogens (tertiary/aromatic N) is 4. The van der Waals surface area contributed by atoms with Crippen molar-refractivity contribution >= 4 is 22.9 Å². The van der Waals surface area contributed by atoms with Gasteiger partial charge in [0.2, 0.25) is 11.9 Å². The molecule has 0 saturated heterocycles. The third-order valence-corrected chi connectivity index (χ3v) is 3.58. The minimum absolute atomic E-state index is 0.123. The number of unbranched alkanes of at least 4 members (excludes halogenated alkanes) is 2. The largest absolute Gasteiger partial charge is 0.324 e. The second-order valence-electron chi connectivity index (χ2n) is 5.52. The molecule has 7 nitrogen and oxygen atoms in total.